The number of aryl methyl sites for hydroxylation is 1. The number of amides is 1. The highest BCUT2D eigenvalue weighted by atomic mass is 32.1. The Hall–Kier alpha value is -3.56. The largest absolute Gasteiger partial charge is 0.487 e. The fourth-order valence-electron chi connectivity index (χ4n) is 3.86. The van der Waals surface area contributed by atoms with Crippen molar-refractivity contribution in [1.29, 1.82) is 0 Å². The van der Waals surface area contributed by atoms with E-state index in [4.69, 9.17) is 9.26 Å². The standard InChI is InChI=1S/C25H25N5O3S/c1-18-26-21(17-34-18)16-32-22-9-5-8-20(14-22)25(31)30-12-10-29(11-13-30)15-23-27-24(28-33-23)19-6-3-2-4-7-19/h2-9,14,17H,10-13,15-16H2,1H3. The van der Waals surface area contributed by atoms with Gasteiger partial charge in [-0.15, -0.1) is 11.3 Å². The minimum atomic E-state index is 0.0127. The number of carbonyl (C=O) groups is 1. The number of rotatable bonds is 7. The van der Waals surface area contributed by atoms with E-state index < -0.39 is 0 Å². The van der Waals surface area contributed by atoms with Gasteiger partial charge in [0, 0.05) is 42.7 Å². The molecule has 0 bridgehead atoms. The number of hydrogen-bond acceptors (Lipinski definition) is 8. The first-order valence-electron chi connectivity index (χ1n) is 11.2. The van der Waals surface area contributed by atoms with Crippen LogP contribution in [0.3, 0.4) is 0 Å². The van der Waals surface area contributed by atoms with Crippen molar-refractivity contribution < 1.29 is 14.1 Å². The van der Waals surface area contributed by atoms with E-state index >= 15 is 0 Å². The Labute approximate surface area is 201 Å². The first-order chi connectivity index (χ1) is 16.6. The molecule has 1 aliphatic heterocycles. The van der Waals surface area contributed by atoms with Crippen LogP contribution in [0, 0.1) is 6.92 Å². The molecule has 1 amide bonds. The fourth-order valence-corrected chi connectivity index (χ4v) is 4.45. The minimum Gasteiger partial charge on any atom is -0.487 e. The number of thiazole rings is 1. The van der Waals surface area contributed by atoms with E-state index in [1.54, 1.807) is 17.4 Å². The van der Waals surface area contributed by atoms with Gasteiger partial charge in [-0.25, -0.2) is 4.98 Å². The van der Waals surface area contributed by atoms with Crippen molar-refractivity contribution in [3.63, 3.8) is 0 Å². The van der Waals surface area contributed by atoms with Crippen molar-refractivity contribution in [1.82, 2.24) is 24.9 Å². The normalized spacial score (nSPS) is 14.3. The molecule has 1 saturated heterocycles. The molecule has 2 aromatic carbocycles. The van der Waals surface area contributed by atoms with Crippen molar-refractivity contribution in [2.75, 3.05) is 26.2 Å². The van der Waals surface area contributed by atoms with Crippen molar-refractivity contribution >= 4 is 17.2 Å². The number of benzene rings is 2. The average molecular weight is 476 g/mol. The molecule has 0 unspecified atom stereocenters. The molecule has 0 atom stereocenters. The van der Waals surface area contributed by atoms with Gasteiger partial charge in [-0.3, -0.25) is 9.69 Å². The highest BCUT2D eigenvalue weighted by molar-refractivity contribution is 7.09. The molecule has 0 saturated carbocycles. The van der Waals surface area contributed by atoms with Crippen molar-refractivity contribution in [2.45, 2.75) is 20.1 Å². The van der Waals surface area contributed by atoms with E-state index in [0.717, 1.165) is 29.4 Å². The molecule has 8 nitrogen and oxygen atoms in total. The van der Waals surface area contributed by atoms with Gasteiger partial charge in [0.05, 0.1) is 17.2 Å². The molecule has 3 heterocycles. The lowest BCUT2D eigenvalue weighted by atomic mass is 10.1. The van der Waals surface area contributed by atoms with Gasteiger partial charge in [-0.05, 0) is 25.1 Å². The summed E-state index contributed by atoms with van der Waals surface area (Å²) in [6, 6.07) is 17.1. The zero-order chi connectivity index (χ0) is 23.3. The minimum absolute atomic E-state index is 0.0127. The zero-order valence-electron chi connectivity index (χ0n) is 18.9. The van der Waals surface area contributed by atoms with Crippen LogP contribution < -0.4 is 4.74 Å². The lowest BCUT2D eigenvalue weighted by molar-refractivity contribution is 0.0614. The van der Waals surface area contributed by atoms with Crippen LogP contribution in [0.25, 0.3) is 11.4 Å². The summed E-state index contributed by atoms with van der Waals surface area (Å²) < 4.78 is 11.3. The summed E-state index contributed by atoms with van der Waals surface area (Å²) in [5, 5.41) is 7.08. The molecule has 5 rings (SSSR count). The maximum Gasteiger partial charge on any atom is 0.254 e. The molecule has 174 valence electrons. The van der Waals surface area contributed by atoms with Gasteiger partial charge in [-0.1, -0.05) is 41.6 Å². The van der Waals surface area contributed by atoms with Gasteiger partial charge in [0.2, 0.25) is 11.7 Å². The molecule has 1 fully saturated rings. The molecule has 9 heteroatoms. The topological polar surface area (TPSA) is 84.6 Å². The summed E-state index contributed by atoms with van der Waals surface area (Å²) in [4.78, 5) is 26.1. The van der Waals surface area contributed by atoms with Gasteiger partial charge < -0.3 is 14.2 Å². The number of piperazine rings is 1. The van der Waals surface area contributed by atoms with Crippen molar-refractivity contribution in [3.8, 4) is 17.1 Å². The lowest BCUT2D eigenvalue weighted by Crippen LogP contribution is -2.48. The van der Waals surface area contributed by atoms with Crippen LogP contribution >= 0.6 is 11.3 Å². The van der Waals surface area contributed by atoms with Crippen molar-refractivity contribution in [2.24, 2.45) is 0 Å². The van der Waals surface area contributed by atoms with Gasteiger partial charge in [0.1, 0.15) is 12.4 Å². The summed E-state index contributed by atoms with van der Waals surface area (Å²) in [6.45, 7) is 5.70. The van der Waals surface area contributed by atoms with Crippen LogP contribution in [-0.4, -0.2) is 57.0 Å². The Morgan fingerprint density at radius 2 is 1.88 bits per heavy atom. The molecule has 0 N–H and O–H groups in total. The maximum absolute atomic E-state index is 13.1. The molecule has 1 aliphatic rings. The van der Waals surface area contributed by atoms with Crippen LogP contribution in [0.2, 0.25) is 0 Å². The van der Waals surface area contributed by atoms with E-state index in [0.29, 0.717) is 49.3 Å². The second-order valence-electron chi connectivity index (χ2n) is 8.12. The molecule has 2 aromatic heterocycles. The van der Waals surface area contributed by atoms with Crippen LogP contribution in [0.5, 0.6) is 5.75 Å². The first-order valence-corrected chi connectivity index (χ1v) is 12.1. The number of nitrogens with zero attached hydrogens (tertiary/aromatic N) is 5. The zero-order valence-corrected chi connectivity index (χ0v) is 19.7. The highest BCUT2D eigenvalue weighted by Gasteiger charge is 2.24. The molecular weight excluding hydrogens is 450 g/mol. The number of hydrogen-bond donors (Lipinski definition) is 0. The Kier molecular flexibility index (Phi) is 6.64. The first kappa shape index (κ1) is 22.2. The highest BCUT2D eigenvalue weighted by Crippen LogP contribution is 2.19. The van der Waals surface area contributed by atoms with E-state index in [-0.39, 0.29) is 5.91 Å². The SMILES string of the molecule is Cc1nc(COc2cccc(C(=O)N3CCN(Cc4nc(-c5ccccc5)no4)CC3)c2)cs1. The molecule has 0 radical (unpaired) electrons. The van der Waals surface area contributed by atoms with E-state index in [2.05, 4.69) is 20.0 Å². The lowest BCUT2D eigenvalue weighted by Gasteiger charge is -2.34. The monoisotopic (exact) mass is 475 g/mol. The average Bonchev–Trinajstić information content (AvgIpc) is 3.52. The smallest absolute Gasteiger partial charge is 0.254 e. The Morgan fingerprint density at radius 3 is 2.65 bits per heavy atom. The van der Waals surface area contributed by atoms with Crippen LogP contribution in [-0.2, 0) is 13.2 Å². The van der Waals surface area contributed by atoms with E-state index in [9.17, 15) is 4.79 Å². The second kappa shape index (κ2) is 10.1. The van der Waals surface area contributed by atoms with E-state index in [1.165, 1.54) is 0 Å². The molecular formula is C25H25N5O3S. The third kappa shape index (κ3) is 5.32. The predicted molar refractivity (Wildman–Crippen MR) is 129 cm³/mol. The van der Waals surface area contributed by atoms with Gasteiger partial charge in [-0.2, -0.15) is 4.98 Å². The summed E-state index contributed by atoms with van der Waals surface area (Å²) >= 11 is 1.60. The van der Waals surface area contributed by atoms with Gasteiger partial charge in [0.15, 0.2) is 0 Å². The maximum atomic E-state index is 13.1. The van der Waals surface area contributed by atoms with Gasteiger partial charge >= 0.3 is 0 Å². The third-order valence-electron chi connectivity index (χ3n) is 5.65. The predicted octanol–water partition coefficient (Wildman–Crippen LogP) is 4.04. The van der Waals surface area contributed by atoms with Crippen LogP contribution in [0.15, 0.2) is 64.5 Å². The summed E-state index contributed by atoms with van der Waals surface area (Å²) in [5.74, 6) is 1.86. The van der Waals surface area contributed by atoms with Crippen molar-refractivity contribution in [3.05, 3.63) is 82.1 Å². The summed E-state index contributed by atoms with van der Waals surface area (Å²) in [5.41, 5.74) is 2.46. The molecule has 0 aliphatic carbocycles. The number of ether oxygens (including phenoxy) is 1. The van der Waals surface area contributed by atoms with Crippen LogP contribution in [0.1, 0.15) is 27.0 Å². The molecule has 0 spiro atoms. The Morgan fingerprint density at radius 1 is 1.06 bits per heavy atom. The van der Waals surface area contributed by atoms with Crippen LogP contribution in [0.4, 0.5) is 0 Å². The number of aromatic nitrogens is 3. The quantitative estimate of drug-likeness (QED) is 0.399. The van der Waals surface area contributed by atoms with E-state index in [1.807, 2.05) is 65.7 Å². The van der Waals surface area contributed by atoms with Gasteiger partial charge in [0.25, 0.3) is 5.91 Å². The fraction of sp³-hybridized carbons (Fsp3) is 0.280. The third-order valence-corrected chi connectivity index (χ3v) is 6.48. The number of carbonyl (C=O) groups excluding carboxylic acids is 1. The Balaban J connectivity index is 1.14. The second-order valence-corrected chi connectivity index (χ2v) is 9.18. The molecule has 34 heavy (non-hydrogen) atoms. The summed E-state index contributed by atoms with van der Waals surface area (Å²) in [6.07, 6.45) is 0. The summed E-state index contributed by atoms with van der Waals surface area (Å²) in [7, 11) is 0. The molecule has 4 aromatic rings. The Bertz CT molecular complexity index is 1250.